The number of ether oxygens (including phenoxy) is 1. The van der Waals surface area contributed by atoms with E-state index in [-0.39, 0.29) is 34.9 Å². The molecule has 0 fully saturated rings. The van der Waals surface area contributed by atoms with Crippen LogP contribution in [0.3, 0.4) is 0 Å². The van der Waals surface area contributed by atoms with Crippen LogP contribution >= 0.6 is 23.2 Å². The topological polar surface area (TPSA) is 110 Å². The highest BCUT2D eigenvalue weighted by Gasteiger charge is 2.29. The fourth-order valence-electron chi connectivity index (χ4n) is 3.50. The van der Waals surface area contributed by atoms with Crippen molar-refractivity contribution >= 4 is 29.2 Å². The maximum Gasteiger partial charge on any atom is 0.390 e. The third kappa shape index (κ3) is 5.67. The van der Waals surface area contributed by atoms with Gasteiger partial charge in [-0.15, -0.1) is 10.2 Å². The number of pyridine rings is 1. The normalized spacial score (nSPS) is 11.6. The Morgan fingerprint density at radius 2 is 1.81 bits per heavy atom. The van der Waals surface area contributed by atoms with Crippen LogP contribution < -0.4 is 5.69 Å². The first-order valence-electron chi connectivity index (χ1n) is 10.6. The van der Waals surface area contributed by atoms with Gasteiger partial charge < -0.3 is 4.74 Å². The summed E-state index contributed by atoms with van der Waals surface area (Å²) in [5, 5.41) is 8.97. The Labute approximate surface area is 217 Å². The van der Waals surface area contributed by atoms with Gasteiger partial charge in [0.2, 0.25) is 5.82 Å². The lowest BCUT2D eigenvalue weighted by molar-refractivity contribution is -0.136. The third-order valence-electron chi connectivity index (χ3n) is 5.25. The molecule has 4 aromatic rings. The molecule has 0 spiro atoms. The second-order valence-electron chi connectivity index (χ2n) is 7.81. The molecule has 0 atom stereocenters. The Morgan fingerprint density at radius 1 is 1.11 bits per heavy atom. The summed E-state index contributed by atoms with van der Waals surface area (Å²) >= 11 is 12.1. The number of aromatic nitrogens is 7. The van der Waals surface area contributed by atoms with Crippen molar-refractivity contribution in [2.75, 3.05) is 7.11 Å². The van der Waals surface area contributed by atoms with E-state index in [1.165, 1.54) is 30.5 Å². The largest absolute Gasteiger partial charge is 0.463 e. The van der Waals surface area contributed by atoms with E-state index in [2.05, 4.69) is 20.2 Å². The summed E-state index contributed by atoms with van der Waals surface area (Å²) in [7, 11) is 1.16. The average Bonchev–Trinajstić information content (AvgIpc) is 3.38. The van der Waals surface area contributed by atoms with Crippen LogP contribution in [0.2, 0.25) is 10.2 Å². The van der Waals surface area contributed by atoms with Crippen LogP contribution in [0.15, 0.2) is 41.3 Å². The maximum atomic E-state index is 13.1. The van der Waals surface area contributed by atoms with Crippen LogP contribution in [0.25, 0.3) is 17.1 Å². The smallest absolute Gasteiger partial charge is 0.390 e. The molecule has 10 nitrogen and oxygen atoms in total. The summed E-state index contributed by atoms with van der Waals surface area (Å²) in [6, 6.07) is 7.78. The van der Waals surface area contributed by atoms with E-state index >= 15 is 0 Å². The Morgan fingerprint density at radius 3 is 2.43 bits per heavy atom. The molecule has 194 valence electrons. The van der Waals surface area contributed by atoms with Crippen LogP contribution in [0.5, 0.6) is 0 Å². The second kappa shape index (κ2) is 10.3. The van der Waals surface area contributed by atoms with Gasteiger partial charge in [0.1, 0.15) is 12.2 Å². The highest BCUT2D eigenvalue weighted by atomic mass is 35.5. The summed E-state index contributed by atoms with van der Waals surface area (Å²) in [6.07, 6.45) is -4.25. The van der Waals surface area contributed by atoms with Crippen molar-refractivity contribution in [3.63, 3.8) is 0 Å². The standard InChI is InChI=1S/C22H18Cl2F3N7O3/c1-12-7-9-28-17(24)16(12)34-19(20(35)37-2)29-15(30-34)11-33-21(36)32(10-8-22(25,26)27)18(31-33)13-3-5-14(23)6-4-13/h3-7,9H,8,10-11H2,1-2H3. The number of benzene rings is 1. The minimum absolute atomic E-state index is 0.00434. The number of esters is 1. The molecule has 0 radical (unpaired) electrons. The van der Waals surface area contributed by atoms with Crippen molar-refractivity contribution < 1.29 is 22.7 Å². The van der Waals surface area contributed by atoms with E-state index in [0.717, 1.165) is 21.0 Å². The van der Waals surface area contributed by atoms with E-state index in [1.54, 1.807) is 13.0 Å². The molecule has 0 aliphatic rings. The number of alkyl halides is 3. The molecule has 4 rings (SSSR count). The van der Waals surface area contributed by atoms with Gasteiger partial charge in [0, 0.05) is 23.3 Å². The number of nitrogens with zero attached hydrogens (tertiary/aromatic N) is 7. The number of carbonyl (C=O) groups excluding carboxylic acids is 1. The number of hydrogen-bond donors (Lipinski definition) is 0. The Kier molecular flexibility index (Phi) is 7.37. The van der Waals surface area contributed by atoms with Crippen molar-refractivity contribution in [1.29, 1.82) is 0 Å². The first-order chi connectivity index (χ1) is 17.5. The zero-order chi connectivity index (χ0) is 26.9. The minimum atomic E-state index is -4.49. The SMILES string of the molecule is COC(=O)c1nc(Cn2nc(-c3ccc(Cl)cc3)n(CCC(F)(F)F)c2=O)nn1-c1c(C)ccnc1Cl. The highest BCUT2D eigenvalue weighted by Crippen LogP contribution is 2.25. The van der Waals surface area contributed by atoms with Crippen LogP contribution in [0.1, 0.15) is 28.4 Å². The van der Waals surface area contributed by atoms with E-state index in [0.29, 0.717) is 16.1 Å². The maximum absolute atomic E-state index is 13.1. The molecular formula is C22H18Cl2F3N7O3. The van der Waals surface area contributed by atoms with E-state index in [4.69, 9.17) is 27.9 Å². The van der Waals surface area contributed by atoms with E-state index < -0.39 is 30.8 Å². The molecule has 0 saturated carbocycles. The van der Waals surface area contributed by atoms with Gasteiger partial charge in [0.05, 0.1) is 13.5 Å². The summed E-state index contributed by atoms with van der Waals surface area (Å²) < 4.78 is 46.6. The number of halogens is 5. The van der Waals surface area contributed by atoms with Gasteiger partial charge in [-0.1, -0.05) is 23.2 Å². The molecule has 0 aliphatic carbocycles. The number of rotatable bonds is 7. The summed E-state index contributed by atoms with van der Waals surface area (Å²) in [5.74, 6) is -1.10. The third-order valence-corrected chi connectivity index (χ3v) is 5.78. The molecule has 15 heteroatoms. The van der Waals surface area contributed by atoms with Crippen LogP contribution in [0, 0.1) is 6.92 Å². The molecule has 0 amide bonds. The van der Waals surface area contributed by atoms with Crippen LogP contribution in [-0.2, 0) is 17.8 Å². The van der Waals surface area contributed by atoms with Crippen LogP contribution in [0.4, 0.5) is 13.2 Å². The fraction of sp³-hybridized carbons (Fsp3) is 0.273. The van der Waals surface area contributed by atoms with Gasteiger partial charge in [-0.2, -0.15) is 13.2 Å². The molecule has 0 unspecified atom stereocenters. The number of hydrogen-bond acceptors (Lipinski definition) is 7. The molecule has 37 heavy (non-hydrogen) atoms. The quantitative estimate of drug-likeness (QED) is 0.249. The lowest BCUT2D eigenvalue weighted by Gasteiger charge is -2.08. The van der Waals surface area contributed by atoms with Gasteiger partial charge in [0.15, 0.2) is 16.8 Å². The predicted octanol–water partition coefficient (Wildman–Crippen LogP) is 4.09. The van der Waals surface area contributed by atoms with Crippen molar-refractivity contribution in [2.24, 2.45) is 0 Å². The fourth-order valence-corrected chi connectivity index (χ4v) is 3.91. The lowest BCUT2D eigenvalue weighted by atomic mass is 10.2. The number of aryl methyl sites for hydroxylation is 1. The van der Waals surface area contributed by atoms with Crippen molar-refractivity contribution in [3.8, 4) is 17.1 Å². The molecule has 3 heterocycles. The zero-order valence-electron chi connectivity index (χ0n) is 19.3. The van der Waals surface area contributed by atoms with E-state index in [1.807, 2.05) is 0 Å². The highest BCUT2D eigenvalue weighted by molar-refractivity contribution is 6.31. The predicted molar refractivity (Wildman–Crippen MR) is 127 cm³/mol. The van der Waals surface area contributed by atoms with Gasteiger partial charge in [-0.3, -0.25) is 4.57 Å². The Hall–Kier alpha value is -3.71. The zero-order valence-corrected chi connectivity index (χ0v) is 20.8. The number of methoxy groups -OCH3 is 1. The molecule has 1 aromatic carbocycles. The van der Waals surface area contributed by atoms with Gasteiger partial charge in [-0.25, -0.2) is 28.9 Å². The first-order valence-corrected chi connectivity index (χ1v) is 11.4. The molecule has 0 aliphatic heterocycles. The van der Waals surface area contributed by atoms with Gasteiger partial charge >= 0.3 is 17.8 Å². The average molecular weight is 556 g/mol. The monoisotopic (exact) mass is 555 g/mol. The first kappa shape index (κ1) is 26.4. The number of carbonyl (C=O) groups is 1. The van der Waals surface area contributed by atoms with Crippen molar-refractivity contribution in [2.45, 2.75) is 32.6 Å². The van der Waals surface area contributed by atoms with Crippen LogP contribution in [-0.4, -0.2) is 53.4 Å². The van der Waals surface area contributed by atoms with E-state index in [9.17, 15) is 22.8 Å². The minimum Gasteiger partial charge on any atom is -0.463 e. The lowest BCUT2D eigenvalue weighted by Crippen LogP contribution is -2.27. The van der Waals surface area contributed by atoms with Crippen molar-refractivity contribution in [1.82, 2.24) is 34.1 Å². The molecule has 0 bridgehead atoms. The van der Waals surface area contributed by atoms with Gasteiger partial charge in [-0.05, 0) is 42.8 Å². The summed E-state index contributed by atoms with van der Waals surface area (Å²) in [4.78, 5) is 33.7. The van der Waals surface area contributed by atoms with Crippen molar-refractivity contribution in [3.05, 3.63) is 74.4 Å². The molecule has 0 saturated heterocycles. The molecule has 0 N–H and O–H groups in total. The molecular weight excluding hydrogens is 538 g/mol. The summed E-state index contributed by atoms with van der Waals surface area (Å²) in [6.45, 7) is 0.711. The summed E-state index contributed by atoms with van der Waals surface area (Å²) in [5.41, 5.74) is 0.461. The van der Waals surface area contributed by atoms with Gasteiger partial charge in [0.25, 0.3) is 0 Å². The second-order valence-corrected chi connectivity index (χ2v) is 8.60. The Balaban J connectivity index is 1.79. The molecule has 3 aromatic heterocycles. The Bertz CT molecular complexity index is 1490.